The molecule has 1 saturated carbocycles. The Balaban J connectivity index is 1.98. The highest BCUT2D eigenvalue weighted by molar-refractivity contribution is 9.10. The van der Waals surface area contributed by atoms with E-state index in [0.717, 1.165) is 12.8 Å². The summed E-state index contributed by atoms with van der Waals surface area (Å²) in [6.45, 7) is 0. The normalized spacial score (nSPS) is 22.2. The van der Waals surface area contributed by atoms with Crippen molar-refractivity contribution in [1.29, 1.82) is 0 Å². The molecule has 1 fully saturated rings. The second-order valence-electron chi connectivity index (χ2n) is 4.81. The highest BCUT2D eigenvalue weighted by atomic mass is 79.9. The van der Waals surface area contributed by atoms with Crippen molar-refractivity contribution in [2.45, 2.75) is 31.7 Å². The molecule has 0 aromatic carbocycles. The molecule has 0 atom stereocenters. The van der Waals surface area contributed by atoms with Gasteiger partial charge >= 0.3 is 5.97 Å². The molecule has 0 amide bonds. The first-order valence-corrected chi connectivity index (χ1v) is 7.06. The highest BCUT2D eigenvalue weighted by Gasteiger charge is 2.26. The summed E-state index contributed by atoms with van der Waals surface area (Å²) >= 11 is 3.25. The SMILES string of the molecule is O=C(O)C1CCC(Nc2ncc([N+](=O)[O-])cc2Br)CC1. The maximum Gasteiger partial charge on any atom is 0.306 e. The third kappa shape index (κ3) is 3.44. The van der Waals surface area contributed by atoms with Gasteiger partial charge in [0.25, 0.3) is 5.69 Å². The molecular weight excluding hydrogens is 330 g/mol. The number of aliphatic carboxylic acids is 1. The van der Waals surface area contributed by atoms with Crippen molar-refractivity contribution < 1.29 is 14.8 Å². The minimum atomic E-state index is -0.738. The molecule has 0 radical (unpaired) electrons. The van der Waals surface area contributed by atoms with E-state index < -0.39 is 10.9 Å². The van der Waals surface area contributed by atoms with Crippen LogP contribution in [0.25, 0.3) is 0 Å². The molecule has 1 heterocycles. The molecule has 0 aliphatic heterocycles. The summed E-state index contributed by atoms with van der Waals surface area (Å²) in [6, 6.07) is 1.55. The van der Waals surface area contributed by atoms with Crippen LogP contribution in [-0.4, -0.2) is 27.0 Å². The zero-order chi connectivity index (χ0) is 14.7. The van der Waals surface area contributed by atoms with E-state index in [4.69, 9.17) is 5.11 Å². The maximum atomic E-state index is 10.9. The van der Waals surface area contributed by atoms with E-state index in [-0.39, 0.29) is 17.6 Å². The molecule has 1 aromatic rings. The molecular formula is C12H14BrN3O4. The Morgan fingerprint density at radius 3 is 2.60 bits per heavy atom. The number of hydrogen-bond acceptors (Lipinski definition) is 5. The van der Waals surface area contributed by atoms with Crippen molar-refractivity contribution in [3.05, 3.63) is 26.9 Å². The molecule has 108 valence electrons. The largest absolute Gasteiger partial charge is 0.481 e. The third-order valence-electron chi connectivity index (χ3n) is 3.45. The number of nitrogens with zero attached hydrogens (tertiary/aromatic N) is 2. The Labute approximate surface area is 123 Å². The van der Waals surface area contributed by atoms with Crippen LogP contribution >= 0.6 is 15.9 Å². The van der Waals surface area contributed by atoms with Gasteiger partial charge < -0.3 is 10.4 Å². The molecule has 7 nitrogen and oxygen atoms in total. The molecule has 1 aromatic heterocycles. The van der Waals surface area contributed by atoms with Gasteiger partial charge in [0.1, 0.15) is 12.0 Å². The number of nitrogens with one attached hydrogen (secondary N) is 1. The minimum absolute atomic E-state index is 0.0722. The van der Waals surface area contributed by atoms with E-state index in [2.05, 4.69) is 26.2 Å². The first-order chi connectivity index (χ1) is 9.47. The van der Waals surface area contributed by atoms with E-state index in [9.17, 15) is 14.9 Å². The number of hydrogen-bond donors (Lipinski definition) is 2. The molecule has 0 spiro atoms. The fourth-order valence-electron chi connectivity index (χ4n) is 2.31. The lowest BCUT2D eigenvalue weighted by Crippen LogP contribution is -2.29. The van der Waals surface area contributed by atoms with Gasteiger partial charge in [-0.3, -0.25) is 14.9 Å². The minimum Gasteiger partial charge on any atom is -0.481 e. The van der Waals surface area contributed by atoms with E-state index in [1.165, 1.54) is 12.3 Å². The van der Waals surface area contributed by atoms with Gasteiger partial charge in [-0.2, -0.15) is 0 Å². The summed E-state index contributed by atoms with van der Waals surface area (Å²) in [4.78, 5) is 25.0. The average Bonchev–Trinajstić information content (AvgIpc) is 2.41. The molecule has 0 bridgehead atoms. The average molecular weight is 344 g/mol. The quantitative estimate of drug-likeness (QED) is 0.643. The highest BCUT2D eigenvalue weighted by Crippen LogP contribution is 2.30. The van der Waals surface area contributed by atoms with Crippen LogP contribution in [0.2, 0.25) is 0 Å². The molecule has 0 unspecified atom stereocenters. The number of aromatic nitrogens is 1. The Kier molecular flexibility index (Phi) is 4.53. The molecule has 1 aliphatic carbocycles. The molecule has 0 saturated heterocycles. The second kappa shape index (κ2) is 6.17. The number of carboxylic acids is 1. The van der Waals surface area contributed by atoms with E-state index in [1.807, 2.05) is 0 Å². The molecule has 2 rings (SSSR count). The van der Waals surface area contributed by atoms with Crippen LogP contribution < -0.4 is 5.32 Å². The van der Waals surface area contributed by atoms with Gasteiger partial charge in [-0.15, -0.1) is 0 Å². The van der Waals surface area contributed by atoms with Gasteiger partial charge in [-0.1, -0.05) is 0 Å². The number of pyridine rings is 1. The van der Waals surface area contributed by atoms with Gasteiger partial charge in [0.15, 0.2) is 0 Å². The molecule has 8 heteroatoms. The summed E-state index contributed by atoms with van der Waals surface area (Å²) in [5.41, 5.74) is -0.0722. The van der Waals surface area contributed by atoms with Crippen LogP contribution in [0.3, 0.4) is 0 Å². The number of halogens is 1. The van der Waals surface area contributed by atoms with Crippen LogP contribution in [-0.2, 0) is 4.79 Å². The Morgan fingerprint density at radius 2 is 2.10 bits per heavy atom. The van der Waals surface area contributed by atoms with E-state index in [0.29, 0.717) is 23.1 Å². The fraction of sp³-hybridized carbons (Fsp3) is 0.500. The Morgan fingerprint density at radius 1 is 1.45 bits per heavy atom. The van der Waals surface area contributed by atoms with Crippen molar-refractivity contribution in [2.24, 2.45) is 5.92 Å². The first-order valence-electron chi connectivity index (χ1n) is 6.26. The van der Waals surface area contributed by atoms with Gasteiger partial charge in [0, 0.05) is 12.1 Å². The lowest BCUT2D eigenvalue weighted by molar-refractivity contribution is -0.385. The van der Waals surface area contributed by atoms with E-state index in [1.54, 1.807) is 0 Å². The van der Waals surface area contributed by atoms with Crippen LogP contribution in [0.15, 0.2) is 16.7 Å². The fourth-order valence-corrected chi connectivity index (χ4v) is 2.76. The molecule has 20 heavy (non-hydrogen) atoms. The van der Waals surface area contributed by atoms with Gasteiger partial charge in [-0.05, 0) is 41.6 Å². The van der Waals surface area contributed by atoms with Crippen molar-refractivity contribution in [3.8, 4) is 0 Å². The van der Waals surface area contributed by atoms with Crippen molar-refractivity contribution in [2.75, 3.05) is 5.32 Å². The first kappa shape index (κ1) is 14.7. The van der Waals surface area contributed by atoms with Gasteiger partial charge in [0.2, 0.25) is 0 Å². The molecule has 2 N–H and O–H groups in total. The van der Waals surface area contributed by atoms with E-state index >= 15 is 0 Å². The van der Waals surface area contributed by atoms with Crippen molar-refractivity contribution >= 4 is 33.4 Å². The summed E-state index contributed by atoms with van der Waals surface area (Å²) in [6.07, 6.45) is 3.98. The zero-order valence-corrected chi connectivity index (χ0v) is 12.2. The lowest BCUT2D eigenvalue weighted by Gasteiger charge is -2.27. The lowest BCUT2D eigenvalue weighted by atomic mass is 9.86. The van der Waals surface area contributed by atoms with Crippen LogP contribution in [0.1, 0.15) is 25.7 Å². The summed E-state index contributed by atoms with van der Waals surface area (Å²) in [5, 5.41) is 22.8. The summed E-state index contributed by atoms with van der Waals surface area (Å²) in [5.74, 6) is -0.450. The monoisotopic (exact) mass is 343 g/mol. The summed E-state index contributed by atoms with van der Waals surface area (Å²) in [7, 11) is 0. The number of carboxylic acid groups (broad SMARTS) is 1. The maximum absolute atomic E-state index is 10.9. The Bertz CT molecular complexity index is 529. The summed E-state index contributed by atoms with van der Waals surface area (Å²) < 4.78 is 0.534. The zero-order valence-electron chi connectivity index (χ0n) is 10.6. The number of anilines is 1. The second-order valence-corrected chi connectivity index (χ2v) is 5.67. The number of rotatable bonds is 4. The van der Waals surface area contributed by atoms with Crippen molar-refractivity contribution in [3.63, 3.8) is 0 Å². The predicted molar refractivity (Wildman–Crippen MR) is 75.6 cm³/mol. The smallest absolute Gasteiger partial charge is 0.306 e. The third-order valence-corrected chi connectivity index (χ3v) is 4.06. The van der Waals surface area contributed by atoms with Crippen molar-refractivity contribution in [1.82, 2.24) is 4.98 Å². The Hall–Kier alpha value is -1.70. The number of carbonyl (C=O) groups is 1. The van der Waals surface area contributed by atoms with Gasteiger partial charge in [0.05, 0.1) is 15.3 Å². The van der Waals surface area contributed by atoms with Crippen LogP contribution in [0, 0.1) is 16.0 Å². The van der Waals surface area contributed by atoms with Crippen LogP contribution in [0.4, 0.5) is 11.5 Å². The topological polar surface area (TPSA) is 105 Å². The molecule has 1 aliphatic rings. The van der Waals surface area contributed by atoms with Crippen LogP contribution in [0.5, 0.6) is 0 Å². The standard InChI is InChI=1S/C12H14BrN3O4/c13-10-5-9(16(19)20)6-14-11(10)15-8-3-1-7(2-4-8)12(17)18/h5-8H,1-4H2,(H,14,15)(H,17,18). The number of nitro groups is 1. The van der Waals surface area contributed by atoms with Gasteiger partial charge in [-0.25, -0.2) is 4.98 Å². The predicted octanol–water partition coefficient (Wildman–Crippen LogP) is 2.81.